The lowest BCUT2D eigenvalue weighted by Crippen LogP contribution is -2.24. The van der Waals surface area contributed by atoms with E-state index in [1.165, 1.54) is 12.8 Å². The van der Waals surface area contributed by atoms with Crippen molar-refractivity contribution < 1.29 is 4.79 Å². The molecule has 1 aromatic heterocycles. The molecule has 2 nitrogen and oxygen atoms in total. The maximum absolute atomic E-state index is 11.6. The van der Waals surface area contributed by atoms with Crippen molar-refractivity contribution in [1.29, 1.82) is 0 Å². The first-order valence-electron chi connectivity index (χ1n) is 4.73. The lowest BCUT2D eigenvalue weighted by molar-refractivity contribution is 0.0990. The number of halogens is 1. The number of hydrogen-bond donors (Lipinski definition) is 1. The fraction of sp³-hybridized carbons (Fsp3) is 0.500. The van der Waals surface area contributed by atoms with Crippen LogP contribution in [0.4, 0.5) is 0 Å². The highest BCUT2D eigenvalue weighted by atomic mass is 79.9. The standard InChI is InChI=1S/C10H12BrNOS/c11-9-6-14-5-8(9)10(13)4-12-3-7-1-2-7/h5-7,12H,1-4H2. The fourth-order valence-electron chi connectivity index (χ4n) is 1.29. The average molecular weight is 274 g/mol. The smallest absolute Gasteiger partial charge is 0.178 e. The molecular formula is C10H12BrNOS. The van der Waals surface area contributed by atoms with Gasteiger partial charge >= 0.3 is 0 Å². The van der Waals surface area contributed by atoms with E-state index in [1.54, 1.807) is 11.3 Å². The van der Waals surface area contributed by atoms with Gasteiger partial charge in [0.05, 0.1) is 6.54 Å². The molecule has 0 aromatic carbocycles. The zero-order chi connectivity index (χ0) is 9.97. The number of nitrogens with one attached hydrogen (secondary N) is 1. The van der Waals surface area contributed by atoms with Gasteiger partial charge in [-0.1, -0.05) is 0 Å². The van der Waals surface area contributed by atoms with E-state index in [-0.39, 0.29) is 5.78 Å². The van der Waals surface area contributed by atoms with Crippen molar-refractivity contribution in [2.45, 2.75) is 12.8 Å². The van der Waals surface area contributed by atoms with Crippen molar-refractivity contribution >= 4 is 33.0 Å². The summed E-state index contributed by atoms with van der Waals surface area (Å²) < 4.78 is 0.917. The lowest BCUT2D eigenvalue weighted by atomic mass is 10.2. The average Bonchev–Trinajstić information content (AvgIpc) is 2.87. The molecule has 0 saturated heterocycles. The highest BCUT2D eigenvalue weighted by Gasteiger charge is 2.21. The normalized spacial score (nSPS) is 15.8. The van der Waals surface area contributed by atoms with Crippen molar-refractivity contribution in [2.75, 3.05) is 13.1 Å². The Morgan fingerprint density at radius 3 is 2.93 bits per heavy atom. The molecule has 1 aromatic rings. The monoisotopic (exact) mass is 273 g/mol. The number of rotatable bonds is 5. The van der Waals surface area contributed by atoms with E-state index in [4.69, 9.17) is 0 Å². The Morgan fingerprint density at radius 2 is 2.36 bits per heavy atom. The lowest BCUT2D eigenvalue weighted by Gasteiger charge is -2.01. The predicted octanol–water partition coefficient (Wildman–Crippen LogP) is 2.69. The van der Waals surface area contributed by atoms with Gasteiger partial charge in [0, 0.05) is 20.8 Å². The van der Waals surface area contributed by atoms with Crippen molar-refractivity contribution in [1.82, 2.24) is 5.32 Å². The van der Waals surface area contributed by atoms with Crippen molar-refractivity contribution in [3.05, 3.63) is 20.8 Å². The molecule has 0 radical (unpaired) electrons. The molecule has 4 heteroatoms. The summed E-state index contributed by atoms with van der Waals surface area (Å²) in [7, 11) is 0. The Bertz CT molecular complexity index is 333. The number of carbonyl (C=O) groups excluding carboxylic acids is 1. The summed E-state index contributed by atoms with van der Waals surface area (Å²) >= 11 is 4.91. The fourth-order valence-corrected chi connectivity index (χ4v) is 2.81. The zero-order valence-electron chi connectivity index (χ0n) is 7.75. The molecule has 0 atom stereocenters. The van der Waals surface area contributed by atoms with Gasteiger partial charge < -0.3 is 5.32 Å². The van der Waals surface area contributed by atoms with E-state index < -0.39 is 0 Å². The van der Waals surface area contributed by atoms with Crippen LogP contribution in [0.3, 0.4) is 0 Å². The molecule has 76 valence electrons. The maximum atomic E-state index is 11.6. The molecule has 2 rings (SSSR count). The molecule has 0 aliphatic heterocycles. The maximum Gasteiger partial charge on any atom is 0.178 e. The molecule has 0 amide bonds. The number of ketones is 1. The van der Waals surface area contributed by atoms with Crippen LogP contribution in [0.2, 0.25) is 0 Å². The van der Waals surface area contributed by atoms with Gasteiger partial charge in [-0.05, 0) is 41.2 Å². The summed E-state index contributed by atoms with van der Waals surface area (Å²) in [5.74, 6) is 1.01. The van der Waals surface area contributed by atoms with Gasteiger partial charge in [-0.15, -0.1) is 0 Å². The third kappa shape index (κ3) is 2.65. The van der Waals surface area contributed by atoms with Gasteiger partial charge in [0.1, 0.15) is 0 Å². The van der Waals surface area contributed by atoms with Gasteiger partial charge in [0.15, 0.2) is 5.78 Å². The molecule has 0 bridgehead atoms. The van der Waals surface area contributed by atoms with Crippen LogP contribution in [0.15, 0.2) is 15.2 Å². The first-order chi connectivity index (χ1) is 6.77. The molecule has 1 saturated carbocycles. The number of carbonyl (C=O) groups is 1. The zero-order valence-corrected chi connectivity index (χ0v) is 10.2. The van der Waals surface area contributed by atoms with E-state index in [2.05, 4.69) is 21.2 Å². The highest BCUT2D eigenvalue weighted by molar-refractivity contribution is 9.10. The second-order valence-electron chi connectivity index (χ2n) is 3.63. The molecular weight excluding hydrogens is 262 g/mol. The molecule has 1 aliphatic carbocycles. The van der Waals surface area contributed by atoms with Gasteiger partial charge in [-0.25, -0.2) is 0 Å². The third-order valence-electron chi connectivity index (χ3n) is 2.33. The van der Waals surface area contributed by atoms with E-state index in [9.17, 15) is 4.79 Å². The summed E-state index contributed by atoms with van der Waals surface area (Å²) in [6.07, 6.45) is 2.65. The summed E-state index contributed by atoms with van der Waals surface area (Å²) in [5, 5.41) is 7.03. The van der Waals surface area contributed by atoms with E-state index >= 15 is 0 Å². The Kier molecular flexibility index (Phi) is 3.36. The summed E-state index contributed by atoms with van der Waals surface area (Å²) in [4.78, 5) is 11.6. The largest absolute Gasteiger partial charge is 0.309 e. The second-order valence-corrected chi connectivity index (χ2v) is 5.23. The molecule has 1 heterocycles. The number of Topliss-reactive ketones (excluding diaryl/α,β-unsaturated/α-hetero) is 1. The van der Waals surface area contributed by atoms with Crippen LogP contribution in [0, 0.1) is 5.92 Å². The van der Waals surface area contributed by atoms with Gasteiger partial charge in [-0.2, -0.15) is 11.3 Å². The Balaban J connectivity index is 1.79. The summed E-state index contributed by atoms with van der Waals surface area (Å²) in [5.41, 5.74) is 0.804. The molecule has 1 aliphatic rings. The Morgan fingerprint density at radius 1 is 1.57 bits per heavy atom. The van der Waals surface area contributed by atoms with Crippen LogP contribution in [0.1, 0.15) is 23.2 Å². The quantitative estimate of drug-likeness (QED) is 0.836. The van der Waals surface area contributed by atoms with Gasteiger partial charge in [0.25, 0.3) is 0 Å². The minimum absolute atomic E-state index is 0.179. The molecule has 1 fully saturated rings. The Labute approximate surface area is 95.8 Å². The molecule has 0 spiro atoms. The molecule has 14 heavy (non-hydrogen) atoms. The molecule has 1 N–H and O–H groups in total. The third-order valence-corrected chi connectivity index (χ3v) is 4.03. The summed E-state index contributed by atoms with van der Waals surface area (Å²) in [6.45, 7) is 1.46. The predicted molar refractivity (Wildman–Crippen MR) is 61.9 cm³/mol. The first-order valence-corrected chi connectivity index (χ1v) is 6.46. The van der Waals surface area contributed by atoms with E-state index in [0.717, 1.165) is 22.5 Å². The van der Waals surface area contributed by atoms with Crippen molar-refractivity contribution in [3.63, 3.8) is 0 Å². The highest BCUT2D eigenvalue weighted by Crippen LogP contribution is 2.27. The minimum Gasteiger partial charge on any atom is -0.309 e. The van der Waals surface area contributed by atoms with Crippen LogP contribution in [0.5, 0.6) is 0 Å². The van der Waals surface area contributed by atoms with Crippen LogP contribution in [0.25, 0.3) is 0 Å². The van der Waals surface area contributed by atoms with Crippen molar-refractivity contribution in [2.24, 2.45) is 5.92 Å². The Hall–Kier alpha value is -0.190. The first kappa shape index (κ1) is 10.3. The van der Waals surface area contributed by atoms with E-state index in [0.29, 0.717) is 6.54 Å². The minimum atomic E-state index is 0.179. The van der Waals surface area contributed by atoms with Crippen molar-refractivity contribution in [3.8, 4) is 0 Å². The topological polar surface area (TPSA) is 29.1 Å². The van der Waals surface area contributed by atoms with Crippen LogP contribution in [-0.4, -0.2) is 18.9 Å². The molecule has 0 unspecified atom stereocenters. The van der Waals surface area contributed by atoms with Gasteiger partial charge in [-0.3, -0.25) is 4.79 Å². The second kappa shape index (κ2) is 4.55. The van der Waals surface area contributed by atoms with Gasteiger partial charge in [0.2, 0.25) is 0 Å². The number of hydrogen-bond acceptors (Lipinski definition) is 3. The number of thiophene rings is 1. The van der Waals surface area contributed by atoms with Crippen LogP contribution < -0.4 is 5.32 Å². The van der Waals surface area contributed by atoms with E-state index in [1.807, 2.05) is 10.8 Å². The van der Waals surface area contributed by atoms with Crippen LogP contribution >= 0.6 is 27.3 Å². The summed E-state index contributed by atoms with van der Waals surface area (Å²) in [6, 6.07) is 0. The van der Waals surface area contributed by atoms with Crippen LogP contribution in [-0.2, 0) is 0 Å². The SMILES string of the molecule is O=C(CNCC1CC1)c1cscc1Br.